The van der Waals surface area contributed by atoms with Crippen LogP contribution in [0, 0.1) is 5.41 Å². The number of benzene rings is 1. The predicted octanol–water partition coefficient (Wildman–Crippen LogP) is 2.91. The van der Waals surface area contributed by atoms with Gasteiger partial charge in [0, 0.05) is 31.1 Å². The van der Waals surface area contributed by atoms with Crippen LogP contribution in [0.5, 0.6) is 0 Å². The van der Waals surface area contributed by atoms with Crippen molar-refractivity contribution in [2.75, 3.05) is 19.6 Å². The maximum absolute atomic E-state index is 12.0. The zero-order valence-corrected chi connectivity index (χ0v) is 13.5. The van der Waals surface area contributed by atoms with Crippen LogP contribution in [0.4, 0.5) is 4.79 Å². The van der Waals surface area contributed by atoms with Crippen LogP contribution in [0.2, 0.25) is 0 Å². The summed E-state index contributed by atoms with van der Waals surface area (Å²) in [6.07, 6.45) is 4.16. The van der Waals surface area contributed by atoms with Crippen LogP contribution in [0.15, 0.2) is 36.4 Å². The maximum Gasteiger partial charge on any atom is 0.410 e. The number of nitrogens with one attached hydrogen (secondary N) is 1. The molecule has 0 bridgehead atoms. The summed E-state index contributed by atoms with van der Waals surface area (Å²) in [5.41, 5.74) is 0.974. The number of carbonyl (C=O) groups excluding carboxylic acids is 1. The highest BCUT2D eigenvalue weighted by molar-refractivity contribution is 5.70. The minimum atomic E-state index is -0.426. The molecule has 0 aliphatic carbocycles. The van der Waals surface area contributed by atoms with Crippen LogP contribution in [-0.2, 0) is 4.74 Å². The minimum Gasteiger partial charge on any atom is -0.444 e. The van der Waals surface area contributed by atoms with Crippen LogP contribution < -0.4 is 5.32 Å². The molecule has 2 fully saturated rings. The molecular formula is C18H24N2O2. The van der Waals surface area contributed by atoms with E-state index in [2.05, 4.69) is 29.6 Å². The molecule has 1 N–H and O–H groups in total. The maximum atomic E-state index is 12.0. The highest BCUT2D eigenvalue weighted by Gasteiger charge is 2.55. The SMILES string of the molecule is CC(C)(C)OC(=O)N1CC2(CN[C@H]2/C=C/c2ccccc2)C1. The molecule has 1 atom stereocenters. The predicted molar refractivity (Wildman–Crippen MR) is 87.5 cm³/mol. The summed E-state index contributed by atoms with van der Waals surface area (Å²) < 4.78 is 5.42. The summed E-state index contributed by atoms with van der Waals surface area (Å²) in [5, 5.41) is 3.45. The van der Waals surface area contributed by atoms with Gasteiger partial charge in [-0.15, -0.1) is 0 Å². The van der Waals surface area contributed by atoms with Gasteiger partial charge in [0.25, 0.3) is 0 Å². The van der Waals surface area contributed by atoms with Crippen molar-refractivity contribution in [2.45, 2.75) is 32.4 Å². The van der Waals surface area contributed by atoms with E-state index >= 15 is 0 Å². The summed E-state index contributed by atoms with van der Waals surface area (Å²) >= 11 is 0. The second-order valence-electron chi connectivity index (χ2n) is 7.33. The molecule has 0 radical (unpaired) electrons. The van der Waals surface area contributed by atoms with E-state index in [9.17, 15) is 4.79 Å². The Kier molecular flexibility index (Phi) is 3.73. The molecule has 1 spiro atoms. The van der Waals surface area contributed by atoms with E-state index in [1.54, 1.807) is 4.90 Å². The third-order valence-corrected chi connectivity index (χ3v) is 4.28. The molecule has 3 rings (SSSR count). The smallest absolute Gasteiger partial charge is 0.410 e. The summed E-state index contributed by atoms with van der Waals surface area (Å²) in [6, 6.07) is 10.6. The van der Waals surface area contributed by atoms with E-state index in [-0.39, 0.29) is 11.5 Å². The van der Waals surface area contributed by atoms with Gasteiger partial charge in [0.1, 0.15) is 5.60 Å². The first-order valence-corrected chi connectivity index (χ1v) is 7.83. The molecule has 1 aromatic rings. The highest BCUT2D eigenvalue weighted by Crippen LogP contribution is 2.40. The fourth-order valence-corrected chi connectivity index (χ4v) is 3.03. The summed E-state index contributed by atoms with van der Waals surface area (Å²) in [4.78, 5) is 13.8. The normalized spacial score (nSPS) is 23.2. The number of amides is 1. The largest absolute Gasteiger partial charge is 0.444 e. The molecule has 1 aromatic carbocycles. The topological polar surface area (TPSA) is 41.6 Å². The molecule has 1 amide bonds. The van der Waals surface area contributed by atoms with Crippen molar-refractivity contribution in [2.24, 2.45) is 5.41 Å². The lowest BCUT2D eigenvalue weighted by atomic mass is 9.67. The Hall–Kier alpha value is -1.81. The van der Waals surface area contributed by atoms with Gasteiger partial charge < -0.3 is 15.0 Å². The van der Waals surface area contributed by atoms with Crippen LogP contribution >= 0.6 is 0 Å². The van der Waals surface area contributed by atoms with Crippen LogP contribution in [0.3, 0.4) is 0 Å². The monoisotopic (exact) mass is 300 g/mol. The Balaban J connectivity index is 1.54. The Morgan fingerprint density at radius 3 is 2.55 bits per heavy atom. The van der Waals surface area contributed by atoms with E-state index in [4.69, 9.17) is 4.74 Å². The number of carbonyl (C=O) groups is 1. The Morgan fingerprint density at radius 1 is 1.32 bits per heavy atom. The highest BCUT2D eigenvalue weighted by atomic mass is 16.6. The van der Waals surface area contributed by atoms with Crippen LogP contribution in [-0.4, -0.2) is 42.3 Å². The van der Waals surface area contributed by atoms with Gasteiger partial charge in [0.2, 0.25) is 0 Å². The van der Waals surface area contributed by atoms with Gasteiger partial charge in [-0.2, -0.15) is 0 Å². The molecule has 0 unspecified atom stereocenters. The molecule has 0 aromatic heterocycles. The van der Waals surface area contributed by atoms with Crippen molar-refractivity contribution in [3.8, 4) is 0 Å². The molecule has 22 heavy (non-hydrogen) atoms. The average Bonchev–Trinajstić information content (AvgIpc) is 2.35. The lowest BCUT2D eigenvalue weighted by Gasteiger charge is -2.59. The van der Waals surface area contributed by atoms with Crippen molar-refractivity contribution in [3.63, 3.8) is 0 Å². The Morgan fingerprint density at radius 2 is 2.00 bits per heavy atom. The first-order chi connectivity index (χ1) is 10.4. The summed E-state index contributed by atoms with van der Waals surface area (Å²) in [6.45, 7) is 8.22. The number of hydrogen-bond acceptors (Lipinski definition) is 3. The van der Waals surface area contributed by atoms with E-state index in [1.165, 1.54) is 5.56 Å². The van der Waals surface area contributed by atoms with Gasteiger partial charge in [-0.3, -0.25) is 0 Å². The van der Waals surface area contributed by atoms with Crippen molar-refractivity contribution in [1.82, 2.24) is 10.2 Å². The van der Waals surface area contributed by atoms with Crippen LogP contribution in [0.1, 0.15) is 26.3 Å². The number of ether oxygens (including phenoxy) is 1. The quantitative estimate of drug-likeness (QED) is 0.913. The van der Waals surface area contributed by atoms with Gasteiger partial charge in [-0.05, 0) is 26.3 Å². The van der Waals surface area contributed by atoms with Gasteiger partial charge in [-0.1, -0.05) is 42.5 Å². The van der Waals surface area contributed by atoms with Crippen molar-refractivity contribution in [1.29, 1.82) is 0 Å². The van der Waals surface area contributed by atoms with E-state index < -0.39 is 5.60 Å². The number of rotatable bonds is 2. The molecule has 118 valence electrons. The Labute approximate surface area is 132 Å². The van der Waals surface area contributed by atoms with E-state index in [0.29, 0.717) is 6.04 Å². The lowest BCUT2D eigenvalue weighted by Crippen LogP contribution is -2.76. The fraction of sp³-hybridized carbons (Fsp3) is 0.500. The van der Waals surface area contributed by atoms with Crippen molar-refractivity contribution in [3.05, 3.63) is 42.0 Å². The van der Waals surface area contributed by atoms with Gasteiger partial charge in [0.15, 0.2) is 0 Å². The van der Waals surface area contributed by atoms with Crippen molar-refractivity contribution < 1.29 is 9.53 Å². The zero-order chi connectivity index (χ0) is 15.8. The summed E-state index contributed by atoms with van der Waals surface area (Å²) in [5.74, 6) is 0. The number of hydrogen-bond donors (Lipinski definition) is 1. The van der Waals surface area contributed by atoms with Crippen LogP contribution in [0.25, 0.3) is 6.08 Å². The average molecular weight is 300 g/mol. The van der Waals surface area contributed by atoms with E-state index in [0.717, 1.165) is 19.6 Å². The lowest BCUT2D eigenvalue weighted by molar-refractivity contribution is -0.0722. The van der Waals surface area contributed by atoms with E-state index in [1.807, 2.05) is 39.0 Å². The molecule has 2 heterocycles. The molecule has 4 nitrogen and oxygen atoms in total. The molecule has 2 saturated heterocycles. The second kappa shape index (κ2) is 5.43. The zero-order valence-electron chi connectivity index (χ0n) is 13.5. The second-order valence-corrected chi connectivity index (χ2v) is 7.33. The minimum absolute atomic E-state index is 0.197. The number of nitrogens with zero attached hydrogens (tertiary/aromatic N) is 1. The standard InChI is InChI=1S/C18H24N2O2/c1-17(2,3)22-16(21)20-12-18(13-20)11-19-15(18)10-9-14-7-5-4-6-8-14/h4-10,15,19H,11-13H2,1-3H3/b10-9+/t15-/m0/s1. The summed E-state index contributed by atoms with van der Waals surface area (Å²) in [7, 11) is 0. The molecule has 0 saturated carbocycles. The van der Waals surface area contributed by atoms with Crippen molar-refractivity contribution >= 4 is 12.2 Å². The molecule has 2 aliphatic rings. The molecule has 2 aliphatic heterocycles. The molecular weight excluding hydrogens is 276 g/mol. The number of likely N-dealkylation sites (tertiary alicyclic amines) is 1. The fourth-order valence-electron chi connectivity index (χ4n) is 3.03. The third kappa shape index (κ3) is 3.02. The van der Waals surface area contributed by atoms with Gasteiger partial charge >= 0.3 is 6.09 Å². The van der Waals surface area contributed by atoms with Gasteiger partial charge in [0.05, 0.1) is 0 Å². The first-order valence-electron chi connectivity index (χ1n) is 7.83. The Bertz CT molecular complexity index is 568. The first kappa shape index (κ1) is 15.1. The molecule has 4 heteroatoms. The van der Waals surface area contributed by atoms with Gasteiger partial charge in [-0.25, -0.2) is 4.79 Å². The third-order valence-electron chi connectivity index (χ3n) is 4.28.